The lowest BCUT2D eigenvalue weighted by molar-refractivity contribution is 0.600. The third-order valence-electron chi connectivity index (χ3n) is 3.11. The van der Waals surface area contributed by atoms with Gasteiger partial charge in [-0.15, -0.1) is 11.3 Å². The molecule has 21 heavy (non-hydrogen) atoms. The second-order valence-corrected chi connectivity index (χ2v) is 7.21. The van der Waals surface area contributed by atoms with Crippen molar-refractivity contribution in [3.05, 3.63) is 47.3 Å². The molecule has 6 heteroatoms. The quantitative estimate of drug-likeness (QED) is 0.766. The van der Waals surface area contributed by atoms with Crippen LogP contribution in [0.2, 0.25) is 0 Å². The van der Waals surface area contributed by atoms with E-state index in [0.717, 1.165) is 24.3 Å². The van der Waals surface area contributed by atoms with E-state index < -0.39 is 10.0 Å². The fraction of sp³-hybridized carbons (Fsp3) is 0.267. The van der Waals surface area contributed by atoms with Gasteiger partial charge in [-0.1, -0.05) is 18.2 Å². The monoisotopic (exact) mass is 322 g/mol. The zero-order valence-electron chi connectivity index (χ0n) is 12.1. The Labute approximate surface area is 129 Å². The number of thiophene rings is 1. The zero-order chi connectivity index (χ0) is 15.3. The summed E-state index contributed by atoms with van der Waals surface area (Å²) in [5.74, 6) is 0. The van der Waals surface area contributed by atoms with Crippen LogP contribution in [-0.4, -0.2) is 27.7 Å². The molecule has 2 aromatic rings. The van der Waals surface area contributed by atoms with Crippen LogP contribution in [0.5, 0.6) is 0 Å². The van der Waals surface area contributed by atoms with Gasteiger partial charge < -0.3 is 4.90 Å². The maximum atomic E-state index is 11.9. The molecule has 0 aliphatic heterocycles. The minimum Gasteiger partial charge on any atom is -0.372 e. The molecular formula is C15H18N2O2S2. The number of hydrogen-bond donors (Lipinski definition) is 0. The van der Waals surface area contributed by atoms with Crippen LogP contribution < -0.4 is 4.90 Å². The SMILES string of the molecule is CCN(CC)c1ccc(/C=N\S(=O)(=O)c2cccs2)cc1. The number of rotatable bonds is 6. The smallest absolute Gasteiger partial charge is 0.291 e. The second kappa shape index (κ2) is 6.87. The Morgan fingerprint density at radius 1 is 1.14 bits per heavy atom. The lowest BCUT2D eigenvalue weighted by Gasteiger charge is -2.20. The minimum atomic E-state index is -3.57. The number of nitrogens with zero attached hydrogens (tertiary/aromatic N) is 2. The van der Waals surface area contributed by atoms with Crippen molar-refractivity contribution in [1.82, 2.24) is 0 Å². The van der Waals surface area contributed by atoms with E-state index in [1.807, 2.05) is 24.3 Å². The van der Waals surface area contributed by atoms with Crippen molar-refractivity contribution in [2.45, 2.75) is 18.1 Å². The third kappa shape index (κ3) is 3.92. The molecule has 0 saturated heterocycles. The fourth-order valence-electron chi connectivity index (χ4n) is 1.95. The van der Waals surface area contributed by atoms with Gasteiger partial charge in [-0.3, -0.25) is 0 Å². The average molecular weight is 322 g/mol. The highest BCUT2D eigenvalue weighted by Gasteiger charge is 2.12. The first kappa shape index (κ1) is 15.7. The predicted molar refractivity (Wildman–Crippen MR) is 89.1 cm³/mol. The van der Waals surface area contributed by atoms with Gasteiger partial charge in [0, 0.05) is 25.0 Å². The van der Waals surface area contributed by atoms with Crippen LogP contribution in [0.25, 0.3) is 0 Å². The highest BCUT2D eigenvalue weighted by atomic mass is 32.2. The Morgan fingerprint density at radius 2 is 1.81 bits per heavy atom. The van der Waals surface area contributed by atoms with Gasteiger partial charge in [0.25, 0.3) is 10.0 Å². The molecule has 4 nitrogen and oxygen atoms in total. The van der Waals surface area contributed by atoms with Crippen molar-refractivity contribution in [1.29, 1.82) is 0 Å². The van der Waals surface area contributed by atoms with Crippen molar-refractivity contribution in [3.8, 4) is 0 Å². The van der Waals surface area contributed by atoms with Gasteiger partial charge in [0.15, 0.2) is 0 Å². The number of hydrogen-bond acceptors (Lipinski definition) is 4. The van der Waals surface area contributed by atoms with Gasteiger partial charge >= 0.3 is 0 Å². The molecule has 0 bridgehead atoms. The Bertz CT molecular complexity index is 686. The normalized spacial score (nSPS) is 11.9. The first-order valence-electron chi connectivity index (χ1n) is 6.75. The molecule has 0 unspecified atom stereocenters. The zero-order valence-corrected chi connectivity index (χ0v) is 13.7. The van der Waals surface area contributed by atoms with Crippen LogP contribution in [0, 0.1) is 0 Å². The highest BCUT2D eigenvalue weighted by molar-refractivity contribution is 7.92. The van der Waals surface area contributed by atoms with Crippen molar-refractivity contribution < 1.29 is 8.42 Å². The topological polar surface area (TPSA) is 49.7 Å². The predicted octanol–water partition coefficient (Wildman–Crippen LogP) is 3.40. The van der Waals surface area contributed by atoms with Gasteiger partial charge in [-0.25, -0.2) is 0 Å². The number of anilines is 1. The maximum Gasteiger partial charge on any atom is 0.291 e. The van der Waals surface area contributed by atoms with Gasteiger partial charge in [-0.2, -0.15) is 12.8 Å². The Balaban J connectivity index is 2.15. The van der Waals surface area contributed by atoms with E-state index in [2.05, 4.69) is 23.1 Å². The molecule has 0 fully saturated rings. The highest BCUT2D eigenvalue weighted by Crippen LogP contribution is 2.19. The van der Waals surface area contributed by atoms with E-state index >= 15 is 0 Å². The van der Waals surface area contributed by atoms with E-state index in [4.69, 9.17) is 0 Å². The van der Waals surface area contributed by atoms with Gasteiger partial charge in [0.1, 0.15) is 4.21 Å². The molecule has 0 aliphatic carbocycles. The van der Waals surface area contributed by atoms with Crippen molar-refractivity contribution in [2.75, 3.05) is 18.0 Å². The van der Waals surface area contributed by atoms with Crippen LogP contribution in [-0.2, 0) is 10.0 Å². The first-order chi connectivity index (χ1) is 10.1. The second-order valence-electron chi connectivity index (χ2n) is 4.41. The molecule has 0 N–H and O–H groups in total. The molecule has 112 valence electrons. The molecule has 2 rings (SSSR count). The standard InChI is InChI=1S/C15H18N2O2S2/c1-3-17(4-2)14-9-7-13(8-10-14)12-16-21(18,19)15-6-5-11-20-15/h5-12H,3-4H2,1-2H3/b16-12-. The van der Waals surface area contributed by atoms with Crippen LogP contribution in [0.1, 0.15) is 19.4 Å². The van der Waals surface area contributed by atoms with E-state index in [1.165, 1.54) is 17.6 Å². The van der Waals surface area contributed by atoms with Crippen LogP contribution >= 0.6 is 11.3 Å². The van der Waals surface area contributed by atoms with Gasteiger partial charge in [-0.05, 0) is 43.0 Å². The van der Waals surface area contributed by atoms with E-state index in [1.54, 1.807) is 17.5 Å². The maximum absolute atomic E-state index is 11.9. The summed E-state index contributed by atoms with van der Waals surface area (Å²) >= 11 is 1.17. The molecule has 0 aliphatic rings. The summed E-state index contributed by atoms with van der Waals surface area (Å²) in [6.07, 6.45) is 1.39. The summed E-state index contributed by atoms with van der Waals surface area (Å²) in [6.45, 7) is 6.09. The third-order valence-corrected chi connectivity index (χ3v) is 5.72. The summed E-state index contributed by atoms with van der Waals surface area (Å²) in [5.41, 5.74) is 1.89. The molecule has 0 atom stereocenters. The van der Waals surface area contributed by atoms with Crippen molar-refractivity contribution in [2.24, 2.45) is 4.40 Å². The van der Waals surface area contributed by atoms with Crippen LogP contribution in [0.3, 0.4) is 0 Å². The Hall–Kier alpha value is -1.66. The lowest BCUT2D eigenvalue weighted by Crippen LogP contribution is -2.21. The summed E-state index contributed by atoms with van der Waals surface area (Å²) in [6, 6.07) is 11.0. The number of sulfonamides is 1. The molecule has 1 aromatic carbocycles. The molecule has 0 amide bonds. The molecular weight excluding hydrogens is 304 g/mol. The lowest BCUT2D eigenvalue weighted by atomic mass is 10.2. The van der Waals surface area contributed by atoms with E-state index in [0.29, 0.717) is 0 Å². The Morgan fingerprint density at radius 3 is 2.33 bits per heavy atom. The van der Waals surface area contributed by atoms with Crippen molar-refractivity contribution >= 4 is 33.3 Å². The van der Waals surface area contributed by atoms with Crippen LogP contribution in [0.15, 0.2) is 50.4 Å². The molecule has 1 aromatic heterocycles. The van der Waals surface area contributed by atoms with E-state index in [9.17, 15) is 8.42 Å². The average Bonchev–Trinajstić information content (AvgIpc) is 3.03. The largest absolute Gasteiger partial charge is 0.372 e. The molecule has 0 saturated carbocycles. The summed E-state index contributed by atoms with van der Waals surface area (Å²) < 4.78 is 27.9. The summed E-state index contributed by atoms with van der Waals surface area (Å²) in [5, 5.41) is 1.72. The van der Waals surface area contributed by atoms with Gasteiger partial charge in [0.2, 0.25) is 0 Å². The van der Waals surface area contributed by atoms with E-state index in [-0.39, 0.29) is 4.21 Å². The molecule has 0 spiro atoms. The summed E-state index contributed by atoms with van der Waals surface area (Å²) in [7, 11) is -3.57. The number of benzene rings is 1. The molecule has 0 radical (unpaired) electrons. The fourth-order valence-corrected chi connectivity index (χ4v) is 3.80. The van der Waals surface area contributed by atoms with Crippen molar-refractivity contribution in [3.63, 3.8) is 0 Å². The minimum absolute atomic E-state index is 0.263. The summed E-state index contributed by atoms with van der Waals surface area (Å²) in [4.78, 5) is 2.23. The molecule has 1 heterocycles. The van der Waals surface area contributed by atoms with Gasteiger partial charge in [0.05, 0.1) is 0 Å². The van der Waals surface area contributed by atoms with Crippen LogP contribution in [0.4, 0.5) is 5.69 Å². The first-order valence-corrected chi connectivity index (χ1v) is 9.07. The Kier molecular flexibility index (Phi) is 5.14.